The minimum atomic E-state index is -4.42. The molecule has 0 saturated carbocycles. The van der Waals surface area contributed by atoms with Crippen LogP contribution in [0.1, 0.15) is 33.0 Å². The lowest BCUT2D eigenvalue weighted by molar-refractivity contribution is -0.139. The van der Waals surface area contributed by atoms with Crippen LogP contribution in [0.25, 0.3) is 6.08 Å². The van der Waals surface area contributed by atoms with Crippen LogP contribution in [0.3, 0.4) is 0 Å². The predicted molar refractivity (Wildman–Crippen MR) is 85.8 cm³/mol. The van der Waals surface area contributed by atoms with Crippen molar-refractivity contribution in [3.8, 4) is 0 Å². The van der Waals surface area contributed by atoms with Gasteiger partial charge in [0.1, 0.15) is 6.29 Å². The van der Waals surface area contributed by atoms with Crippen molar-refractivity contribution in [3.05, 3.63) is 75.8 Å². The Morgan fingerprint density at radius 1 is 1.04 bits per heavy atom. The molecule has 0 radical (unpaired) electrons. The highest BCUT2D eigenvalue weighted by molar-refractivity contribution is 6.30. The van der Waals surface area contributed by atoms with Gasteiger partial charge in [-0.05, 0) is 35.7 Å². The molecule has 0 aromatic heterocycles. The molecule has 0 fully saturated rings. The van der Waals surface area contributed by atoms with E-state index in [1.54, 1.807) is 37.3 Å². The van der Waals surface area contributed by atoms with Crippen LogP contribution in [0, 0.1) is 6.92 Å². The van der Waals surface area contributed by atoms with Crippen LogP contribution in [0.15, 0.2) is 48.5 Å². The van der Waals surface area contributed by atoms with Gasteiger partial charge in [0.2, 0.25) is 0 Å². The first-order valence-electron chi connectivity index (χ1n) is 6.87. The third-order valence-electron chi connectivity index (χ3n) is 3.33. The molecule has 1 nitrogen and oxygen atoms in total. The normalized spacial score (nSPS) is 13.3. The molecule has 0 aliphatic heterocycles. The Morgan fingerprint density at radius 2 is 1.65 bits per heavy atom. The molecule has 2 aromatic carbocycles. The lowest BCUT2D eigenvalue weighted by Crippen LogP contribution is -2.19. The van der Waals surface area contributed by atoms with Crippen LogP contribution in [0.2, 0.25) is 5.02 Å². The smallest absolute Gasteiger partial charge is 0.298 e. The number of aldehydes is 1. The van der Waals surface area contributed by atoms with Gasteiger partial charge in [-0.15, -0.1) is 0 Å². The standard InChI is InChI=1S/C18H14ClF3O/c1-12-8-15(10-16(19)9-12)17(18(20,21)22)7-6-13-2-4-14(11-23)5-3-13/h2-11,17H,1H3/b7-6+. The number of alkyl halides is 3. The van der Waals surface area contributed by atoms with E-state index in [4.69, 9.17) is 11.6 Å². The molecule has 23 heavy (non-hydrogen) atoms. The van der Waals surface area contributed by atoms with Crippen molar-refractivity contribution < 1.29 is 18.0 Å². The summed E-state index contributed by atoms with van der Waals surface area (Å²) in [5.74, 6) is -1.74. The van der Waals surface area contributed by atoms with Gasteiger partial charge in [0.15, 0.2) is 0 Å². The molecule has 0 aliphatic carbocycles. The molecule has 2 aromatic rings. The van der Waals surface area contributed by atoms with E-state index in [1.165, 1.54) is 18.2 Å². The SMILES string of the molecule is Cc1cc(Cl)cc(C(/C=C/c2ccc(C=O)cc2)C(F)(F)F)c1. The summed E-state index contributed by atoms with van der Waals surface area (Å²) in [6.45, 7) is 1.70. The molecule has 5 heteroatoms. The zero-order chi connectivity index (χ0) is 17.0. The van der Waals surface area contributed by atoms with E-state index in [-0.39, 0.29) is 10.6 Å². The maximum absolute atomic E-state index is 13.3. The van der Waals surface area contributed by atoms with Crippen molar-refractivity contribution in [2.45, 2.75) is 19.0 Å². The second kappa shape index (κ2) is 7.01. The number of hydrogen-bond donors (Lipinski definition) is 0. The zero-order valence-electron chi connectivity index (χ0n) is 12.3. The Balaban J connectivity index is 2.35. The number of benzene rings is 2. The van der Waals surface area contributed by atoms with E-state index in [2.05, 4.69) is 0 Å². The Hall–Kier alpha value is -2.07. The number of carbonyl (C=O) groups is 1. The van der Waals surface area contributed by atoms with Gasteiger partial charge in [0.05, 0.1) is 5.92 Å². The van der Waals surface area contributed by atoms with E-state index in [9.17, 15) is 18.0 Å². The number of hydrogen-bond acceptors (Lipinski definition) is 1. The average Bonchev–Trinajstić information content (AvgIpc) is 2.45. The van der Waals surface area contributed by atoms with Crippen molar-refractivity contribution in [1.82, 2.24) is 0 Å². The lowest BCUT2D eigenvalue weighted by Gasteiger charge is -2.18. The third kappa shape index (κ3) is 4.70. The van der Waals surface area contributed by atoms with Gasteiger partial charge in [0, 0.05) is 10.6 Å². The van der Waals surface area contributed by atoms with Crippen molar-refractivity contribution in [1.29, 1.82) is 0 Å². The zero-order valence-corrected chi connectivity index (χ0v) is 13.0. The van der Waals surface area contributed by atoms with Crippen LogP contribution in [0.5, 0.6) is 0 Å². The molecule has 0 N–H and O–H groups in total. The first-order valence-corrected chi connectivity index (χ1v) is 7.24. The summed E-state index contributed by atoms with van der Waals surface area (Å²) in [5.41, 5.74) is 1.83. The third-order valence-corrected chi connectivity index (χ3v) is 3.55. The fourth-order valence-electron chi connectivity index (χ4n) is 2.25. The molecule has 1 atom stereocenters. The maximum Gasteiger partial charge on any atom is 0.399 e. The molecule has 2 rings (SSSR count). The van der Waals surface area contributed by atoms with E-state index in [0.29, 0.717) is 23.0 Å². The number of carbonyl (C=O) groups excluding carboxylic acids is 1. The molecule has 0 heterocycles. The van der Waals surface area contributed by atoms with Crippen molar-refractivity contribution in [3.63, 3.8) is 0 Å². The van der Waals surface area contributed by atoms with E-state index in [0.717, 1.165) is 6.08 Å². The van der Waals surface area contributed by atoms with Gasteiger partial charge in [-0.2, -0.15) is 13.2 Å². The Morgan fingerprint density at radius 3 is 2.17 bits per heavy atom. The highest BCUT2D eigenvalue weighted by Gasteiger charge is 2.39. The van der Waals surface area contributed by atoms with Gasteiger partial charge in [-0.3, -0.25) is 4.79 Å². The molecule has 0 spiro atoms. The van der Waals surface area contributed by atoms with Crippen LogP contribution >= 0.6 is 11.6 Å². The number of allylic oxidation sites excluding steroid dienone is 1. The average molecular weight is 339 g/mol. The first-order chi connectivity index (χ1) is 10.8. The summed E-state index contributed by atoms with van der Waals surface area (Å²) < 4.78 is 40.0. The second-order valence-corrected chi connectivity index (χ2v) is 5.66. The quantitative estimate of drug-likeness (QED) is 0.642. The van der Waals surface area contributed by atoms with E-state index < -0.39 is 12.1 Å². The fourth-order valence-corrected chi connectivity index (χ4v) is 2.54. The summed E-state index contributed by atoms with van der Waals surface area (Å²) in [6, 6.07) is 10.7. The summed E-state index contributed by atoms with van der Waals surface area (Å²) in [5, 5.41) is 0.276. The van der Waals surface area contributed by atoms with Crippen molar-refractivity contribution in [2.75, 3.05) is 0 Å². The molecule has 0 amide bonds. The van der Waals surface area contributed by atoms with Crippen LogP contribution < -0.4 is 0 Å². The Bertz CT molecular complexity index is 698. The highest BCUT2D eigenvalue weighted by Crippen LogP contribution is 2.37. The Labute approximate surface area is 137 Å². The maximum atomic E-state index is 13.3. The summed E-state index contributed by atoms with van der Waals surface area (Å²) >= 11 is 5.87. The van der Waals surface area contributed by atoms with Gasteiger partial charge < -0.3 is 0 Å². The minimum absolute atomic E-state index is 0.100. The molecule has 0 bridgehead atoms. The number of rotatable bonds is 4. The number of halogens is 4. The van der Waals surface area contributed by atoms with Gasteiger partial charge in [-0.1, -0.05) is 54.1 Å². The van der Waals surface area contributed by atoms with Gasteiger partial charge in [-0.25, -0.2) is 0 Å². The van der Waals surface area contributed by atoms with Gasteiger partial charge >= 0.3 is 6.18 Å². The molecular weight excluding hydrogens is 325 g/mol. The van der Waals surface area contributed by atoms with Crippen LogP contribution in [0.4, 0.5) is 13.2 Å². The fraction of sp³-hybridized carbons (Fsp3) is 0.167. The largest absolute Gasteiger partial charge is 0.399 e. The number of aryl methyl sites for hydroxylation is 1. The van der Waals surface area contributed by atoms with E-state index >= 15 is 0 Å². The second-order valence-electron chi connectivity index (χ2n) is 5.22. The first kappa shape index (κ1) is 17.3. The summed E-state index contributed by atoms with van der Waals surface area (Å²) in [7, 11) is 0. The monoisotopic (exact) mass is 338 g/mol. The molecule has 0 saturated heterocycles. The molecule has 120 valence electrons. The topological polar surface area (TPSA) is 17.1 Å². The lowest BCUT2D eigenvalue weighted by atomic mass is 9.95. The van der Waals surface area contributed by atoms with E-state index in [1.807, 2.05) is 0 Å². The Kier molecular flexibility index (Phi) is 5.26. The van der Waals surface area contributed by atoms with Crippen molar-refractivity contribution >= 4 is 24.0 Å². The summed E-state index contributed by atoms with van der Waals surface area (Å²) in [6.07, 6.45) is -1.25. The molecule has 0 aliphatic rings. The predicted octanol–water partition coefficient (Wildman–Crippen LogP) is 5.82. The van der Waals surface area contributed by atoms with Crippen LogP contribution in [-0.4, -0.2) is 12.5 Å². The summed E-state index contributed by atoms with van der Waals surface area (Å²) in [4.78, 5) is 10.6. The van der Waals surface area contributed by atoms with Crippen molar-refractivity contribution in [2.24, 2.45) is 0 Å². The molecular formula is C18H14ClF3O. The molecule has 1 unspecified atom stereocenters. The van der Waals surface area contributed by atoms with Crippen LogP contribution in [-0.2, 0) is 0 Å². The highest BCUT2D eigenvalue weighted by atomic mass is 35.5. The van der Waals surface area contributed by atoms with Gasteiger partial charge in [0.25, 0.3) is 0 Å². The minimum Gasteiger partial charge on any atom is -0.298 e.